The zero-order chi connectivity index (χ0) is 20.8. The molecule has 0 saturated carbocycles. The molecule has 1 saturated heterocycles. The number of aliphatic hydroxyl groups is 1. The molecule has 2 aliphatic heterocycles. The Labute approximate surface area is 170 Å². The van der Waals surface area contributed by atoms with Crippen LogP contribution in [-0.2, 0) is 4.79 Å². The van der Waals surface area contributed by atoms with Crippen LogP contribution in [0.4, 0.5) is 5.69 Å². The number of hydrogen-bond donors (Lipinski definition) is 4. The van der Waals surface area contributed by atoms with Gasteiger partial charge in [-0.1, -0.05) is 0 Å². The molecule has 0 aliphatic carbocycles. The van der Waals surface area contributed by atoms with E-state index in [2.05, 4.69) is 15.5 Å². The van der Waals surface area contributed by atoms with Crippen LogP contribution in [0.15, 0.2) is 12.1 Å². The molecule has 1 fully saturated rings. The molecule has 1 aromatic carbocycles. The van der Waals surface area contributed by atoms with Crippen molar-refractivity contribution in [2.45, 2.75) is 25.4 Å². The number of rotatable bonds is 8. The molecule has 1 amide bonds. The number of aliphatic carboxylic acids is 1. The second-order valence-electron chi connectivity index (χ2n) is 7.42. The van der Waals surface area contributed by atoms with Gasteiger partial charge in [-0.15, -0.1) is 0 Å². The summed E-state index contributed by atoms with van der Waals surface area (Å²) in [7, 11) is 1.77. The van der Waals surface area contributed by atoms with Crippen LogP contribution < -0.4 is 20.1 Å². The number of carboxylic acids is 1. The molecule has 29 heavy (non-hydrogen) atoms. The number of piperidine rings is 1. The van der Waals surface area contributed by atoms with E-state index >= 15 is 0 Å². The molecule has 0 aromatic heterocycles. The summed E-state index contributed by atoms with van der Waals surface area (Å²) in [5.41, 5.74) is 1.17. The van der Waals surface area contributed by atoms with Gasteiger partial charge in [0.1, 0.15) is 13.2 Å². The molecule has 0 radical (unpaired) electrons. The standard InChI is InChI=1S/C20H29N3O6/c1-21-14-9-15(19-17(10-14)28-7-8-29-19)20(27)22-11-13-4-6-23(12-16(13)24)5-2-3-18(25)26/h9-10,13,16,21,24H,2-8,11-12H2,1H3,(H,22,27)(H,25,26)/t13-,16+/m0/s1. The molecule has 0 unspecified atom stereocenters. The molecule has 160 valence electrons. The van der Waals surface area contributed by atoms with Crippen molar-refractivity contribution in [2.24, 2.45) is 5.92 Å². The van der Waals surface area contributed by atoms with Gasteiger partial charge in [-0.3, -0.25) is 9.59 Å². The first-order valence-electron chi connectivity index (χ1n) is 9.99. The summed E-state index contributed by atoms with van der Waals surface area (Å²) < 4.78 is 11.2. The normalized spacial score (nSPS) is 21.4. The SMILES string of the molecule is CNc1cc2c(c(C(=O)NC[C@@H]3CCN(CCCC(=O)O)C[C@H]3O)c1)OCCO2. The van der Waals surface area contributed by atoms with Crippen molar-refractivity contribution >= 4 is 17.6 Å². The molecule has 1 aromatic rings. The summed E-state index contributed by atoms with van der Waals surface area (Å²) in [4.78, 5) is 25.5. The fourth-order valence-corrected chi connectivity index (χ4v) is 3.73. The first kappa shape index (κ1) is 21.2. The predicted octanol–water partition coefficient (Wildman–Crippen LogP) is 0.777. The number of hydrogen-bond acceptors (Lipinski definition) is 7. The van der Waals surface area contributed by atoms with Crippen LogP contribution in [0.1, 0.15) is 29.6 Å². The Bertz CT molecular complexity index is 741. The molecule has 2 atom stereocenters. The summed E-state index contributed by atoms with van der Waals surface area (Å²) in [6.45, 7) is 3.12. The van der Waals surface area contributed by atoms with Crippen molar-refractivity contribution in [3.63, 3.8) is 0 Å². The Balaban J connectivity index is 1.54. The number of likely N-dealkylation sites (tertiary alicyclic amines) is 1. The third kappa shape index (κ3) is 5.51. The van der Waals surface area contributed by atoms with Crippen LogP contribution in [0, 0.1) is 5.92 Å². The number of anilines is 1. The van der Waals surface area contributed by atoms with Gasteiger partial charge in [0.15, 0.2) is 11.5 Å². The zero-order valence-electron chi connectivity index (χ0n) is 16.6. The third-order valence-electron chi connectivity index (χ3n) is 5.37. The average molecular weight is 407 g/mol. The van der Waals surface area contributed by atoms with E-state index in [0.29, 0.717) is 56.3 Å². The molecule has 3 rings (SSSR count). The number of nitrogens with one attached hydrogen (secondary N) is 2. The maximum absolute atomic E-state index is 12.8. The van der Waals surface area contributed by atoms with Crippen molar-refractivity contribution in [3.8, 4) is 11.5 Å². The second-order valence-corrected chi connectivity index (χ2v) is 7.42. The van der Waals surface area contributed by atoms with Gasteiger partial charge in [-0.2, -0.15) is 0 Å². The highest BCUT2D eigenvalue weighted by atomic mass is 16.6. The number of fused-ring (bicyclic) bond motifs is 1. The van der Waals surface area contributed by atoms with Crippen molar-refractivity contribution in [1.29, 1.82) is 0 Å². The quantitative estimate of drug-likeness (QED) is 0.499. The lowest BCUT2D eigenvalue weighted by molar-refractivity contribution is -0.137. The highest BCUT2D eigenvalue weighted by Crippen LogP contribution is 2.37. The summed E-state index contributed by atoms with van der Waals surface area (Å²) in [5, 5.41) is 25.1. The van der Waals surface area contributed by atoms with Crippen molar-refractivity contribution in [2.75, 3.05) is 51.8 Å². The van der Waals surface area contributed by atoms with Crippen molar-refractivity contribution in [1.82, 2.24) is 10.2 Å². The maximum atomic E-state index is 12.8. The van der Waals surface area contributed by atoms with E-state index in [4.69, 9.17) is 14.6 Å². The maximum Gasteiger partial charge on any atom is 0.303 e. The Morgan fingerprint density at radius 1 is 1.28 bits per heavy atom. The van der Waals surface area contributed by atoms with Gasteiger partial charge in [0.05, 0.1) is 11.7 Å². The number of carbonyl (C=O) groups is 2. The largest absolute Gasteiger partial charge is 0.486 e. The minimum atomic E-state index is -0.804. The van der Waals surface area contributed by atoms with Gasteiger partial charge in [-0.25, -0.2) is 0 Å². The molecule has 9 heteroatoms. The number of carbonyl (C=O) groups excluding carboxylic acids is 1. The van der Waals surface area contributed by atoms with Crippen LogP contribution in [0.5, 0.6) is 11.5 Å². The second kappa shape index (κ2) is 9.80. The highest BCUT2D eigenvalue weighted by molar-refractivity contribution is 5.99. The average Bonchev–Trinajstić information content (AvgIpc) is 2.71. The van der Waals surface area contributed by atoms with E-state index in [1.807, 2.05) is 0 Å². The summed E-state index contributed by atoms with van der Waals surface area (Å²) in [6.07, 6.45) is 0.876. The van der Waals surface area contributed by atoms with E-state index in [0.717, 1.165) is 18.7 Å². The Morgan fingerprint density at radius 3 is 2.79 bits per heavy atom. The van der Waals surface area contributed by atoms with Crippen LogP contribution in [0.25, 0.3) is 0 Å². The molecule has 4 N–H and O–H groups in total. The number of β-amino-alcohol motifs (C(OH)–C–C–N with tert-alkyl or cyclic N) is 1. The van der Waals surface area contributed by atoms with E-state index < -0.39 is 12.1 Å². The number of nitrogens with zero attached hydrogens (tertiary/aromatic N) is 1. The zero-order valence-corrected chi connectivity index (χ0v) is 16.6. The van der Waals surface area contributed by atoms with Gasteiger partial charge < -0.3 is 35.2 Å². The fourth-order valence-electron chi connectivity index (χ4n) is 3.73. The van der Waals surface area contributed by atoms with E-state index in [1.54, 1.807) is 19.2 Å². The Morgan fingerprint density at radius 2 is 2.07 bits per heavy atom. The van der Waals surface area contributed by atoms with Crippen LogP contribution in [0.2, 0.25) is 0 Å². The van der Waals surface area contributed by atoms with Crippen LogP contribution in [-0.4, -0.2) is 79.5 Å². The van der Waals surface area contributed by atoms with Gasteiger partial charge in [0.25, 0.3) is 5.91 Å². The molecule has 2 heterocycles. The number of ether oxygens (including phenoxy) is 2. The first-order chi connectivity index (χ1) is 14.0. The number of aliphatic hydroxyl groups excluding tert-OH is 1. The van der Waals surface area contributed by atoms with E-state index in [9.17, 15) is 14.7 Å². The van der Waals surface area contributed by atoms with Gasteiger partial charge in [0, 0.05) is 44.2 Å². The summed E-state index contributed by atoms with van der Waals surface area (Å²) >= 11 is 0. The van der Waals surface area contributed by atoms with Crippen molar-refractivity contribution in [3.05, 3.63) is 17.7 Å². The smallest absolute Gasteiger partial charge is 0.303 e. The number of benzene rings is 1. The minimum absolute atomic E-state index is 0.0462. The topological polar surface area (TPSA) is 120 Å². The monoisotopic (exact) mass is 407 g/mol. The highest BCUT2D eigenvalue weighted by Gasteiger charge is 2.29. The van der Waals surface area contributed by atoms with Crippen LogP contribution in [0.3, 0.4) is 0 Å². The lowest BCUT2D eigenvalue weighted by Crippen LogP contribution is -2.47. The first-order valence-corrected chi connectivity index (χ1v) is 9.99. The third-order valence-corrected chi connectivity index (χ3v) is 5.37. The number of amides is 1. The van der Waals surface area contributed by atoms with Crippen LogP contribution >= 0.6 is 0 Å². The molecule has 9 nitrogen and oxygen atoms in total. The lowest BCUT2D eigenvalue weighted by Gasteiger charge is -2.36. The van der Waals surface area contributed by atoms with Gasteiger partial charge in [0.2, 0.25) is 0 Å². The molecule has 0 bridgehead atoms. The Hall–Kier alpha value is -2.52. The van der Waals surface area contributed by atoms with E-state index in [1.165, 1.54) is 0 Å². The summed E-state index contributed by atoms with van der Waals surface area (Å²) in [6, 6.07) is 3.53. The summed E-state index contributed by atoms with van der Waals surface area (Å²) in [5.74, 6) is -0.123. The molecular formula is C20H29N3O6. The predicted molar refractivity (Wildman–Crippen MR) is 107 cm³/mol. The number of carboxylic acid groups (broad SMARTS) is 1. The Kier molecular flexibility index (Phi) is 7.16. The van der Waals surface area contributed by atoms with Gasteiger partial charge >= 0.3 is 5.97 Å². The van der Waals surface area contributed by atoms with E-state index in [-0.39, 0.29) is 18.2 Å². The molecular weight excluding hydrogens is 378 g/mol. The van der Waals surface area contributed by atoms with Gasteiger partial charge in [-0.05, 0) is 32.0 Å². The molecule has 2 aliphatic rings. The minimum Gasteiger partial charge on any atom is -0.486 e. The lowest BCUT2D eigenvalue weighted by atomic mass is 9.93. The molecule has 0 spiro atoms. The van der Waals surface area contributed by atoms with Crippen molar-refractivity contribution < 1.29 is 29.3 Å². The fraction of sp³-hybridized carbons (Fsp3) is 0.600.